The molecule has 0 aromatic rings. The predicted molar refractivity (Wildman–Crippen MR) is 76.8 cm³/mol. The second-order valence-electron chi connectivity index (χ2n) is 4.53. The van der Waals surface area contributed by atoms with Gasteiger partial charge >= 0.3 is 5.97 Å². The highest BCUT2D eigenvalue weighted by molar-refractivity contribution is 5.86. The van der Waals surface area contributed by atoms with Crippen LogP contribution in [0.4, 0.5) is 0 Å². The Labute approximate surface area is 122 Å². The van der Waals surface area contributed by atoms with Gasteiger partial charge in [0.15, 0.2) is 0 Å². The van der Waals surface area contributed by atoms with E-state index in [0.29, 0.717) is 45.2 Å². The first kappa shape index (κ1) is 19.0. The summed E-state index contributed by atoms with van der Waals surface area (Å²) in [6.45, 7) is 0.877. The Hall–Kier alpha value is -2.03. The number of carbonyl (C=O) groups is 2. The molecule has 0 aromatic heterocycles. The van der Waals surface area contributed by atoms with Crippen molar-refractivity contribution >= 4 is 11.9 Å². The normalized spacial score (nSPS) is 12.9. The van der Waals surface area contributed by atoms with Gasteiger partial charge in [0.1, 0.15) is 6.04 Å². The summed E-state index contributed by atoms with van der Waals surface area (Å²) in [5.74, 6) is -1.59. The van der Waals surface area contributed by atoms with Gasteiger partial charge in [-0.1, -0.05) is 0 Å². The van der Waals surface area contributed by atoms with Gasteiger partial charge in [0.05, 0.1) is 12.6 Å². The summed E-state index contributed by atoms with van der Waals surface area (Å²) in [5.41, 5.74) is 21.5. The SMILES string of the molecule is [N-]=[N+]=NNCCC[C@H](N)C(=O)N[C@@H](CCCCN)C(=O)O. The summed E-state index contributed by atoms with van der Waals surface area (Å²) in [4.78, 5) is 25.3. The van der Waals surface area contributed by atoms with Gasteiger partial charge in [0.2, 0.25) is 5.91 Å². The average molecular weight is 301 g/mol. The minimum absolute atomic E-state index is 0.323. The monoisotopic (exact) mass is 301 g/mol. The van der Waals surface area contributed by atoms with E-state index in [9.17, 15) is 9.59 Å². The number of aliphatic carboxylic acids is 1. The van der Waals surface area contributed by atoms with Gasteiger partial charge in [0.25, 0.3) is 0 Å². The minimum atomic E-state index is -1.09. The molecule has 0 saturated carbocycles. The highest BCUT2D eigenvalue weighted by Gasteiger charge is 2.22. The summed E-state index contributed by atoms with van der Waals surface area (Å²) < 4.78 is 0. The molecule has 0 radical (unpaired) electrons. The third-order valence-corrected chi connectivity index (χ3v) is 2.82. The van der Waals surface area contributed by atoms with Gasteiger partial charge in [-0.15, -0.1) is 5.53 Å². The fourth-order valence-corrected chi connectivity index (χ4v) is 1.64. The first-order valence-electron chi connectivity index (χ1n) is 6.78. The number of hydrogen-bond donors (Lipinski definition) is 5. The van der Waals surface area contributed by atoms with Gasteiger partial charge in [-0.3, -0.25) is 10.2 Å². The zero-order valence-corrected chi connectivity index (χ0v) is 11.9. The molecule has 0 aliphatic heterocycles. The Kier molecular flexibility index (Phi) is 10.6. The predicted octanol–water partition coefficient (Wildman–Crippen LogP) is -0.393. The van der Waals surface area contributed by atoms with Crippen LogP contribution in [0.2, 0.25) is 0 Å². The van der Waals surface area contributed by atoms with Crippen molar-refractivity contribution in [2.75, 3.05) is 13.1 Å². The first-order valence-corrected chi connectivity index (χ1v) is 6.78. The molecule has 0 rings (SSSR count). The van der Waals surface area contributed by atoms with Crippen molar-refractivity contribution in [3.05, 3.63) is 10.4 Å². The molecule has 0 saturated heterocycles. The summed E-state index contributed by atoms with van der Waals surface area (Å²) in [5, 5.41) is 14.6. The van der Waals surface area contributed by atoms with E-state index >= 15 is 0 Å². The van der Waals surface area contributed by atoms with E-state index in [2.05, 4.69) is 20.9 Å². The maximum atomic E-state index is 11.8. The fourth-order valence-electron chi connectivity index (χ4n) is 1.64. The third kappa shape index (κ3) is 9.50. The van der Waals surface area contributed by atoms with Crippen molar-refractivity contribution in [2.24, 2.45) is 16.7 Å². The lowest BCUT2D eigenvalue weighted by Gasteiger charge is -2.17. The van der Waals surface area contributed by atoms with Crippen molar-refractivity contribution in [3.8, 4) is 0 Å². The number of amides is 1. The number of rotatable bonds is 12. The van der Waals surface area contributed by atoms with Crippen LogP contribution in [0.5, 0.6) is 0 Å². The van der Waals surface area contributed by atoms with Crippen molar-refractivity contribution in [2.45, 2.75) is 44.2 Å². The van der Waals surface area contributed by atoms with E-state index in [1.54, 1.807) is 0 Å². The molecule has 0 aliphatic rings. The van der Waals surface area contributed by atoms with Gasteiger partial charge < -0.3 is 21.9 Å². The Bertz CT molecular complexity index is 371. The van der Waals surface area contributed by atoms with Gasteiger partial charge in [-0.2, -0.15) is 4.91 Å². The molecule has 10 nitrogen and oxygen atoms in total. The van der Waals surface area contributed by atoms with Gasteiger partial charge in [0, 0.05) is 0 Å². The quantitative estimate of drug-likeness (QED) is 0.108. The number of carbonyl (C=O) groups excluding carboxylic acids is 1. The molecule has 2 atom stereocenters. The number of unbranched alkanes of at least 4 members (excludes halogenated alkanes) is 1. The Morgan fingerprint density at radius 3 is 2.57 bits per heavy atom. The number of nitrogens with two attached hydrogens (primary N) is 2. The van der Waals surface area contributed by atoms with Crippen LogP contribution >= 0.6 is 0 Å². The molecular formula is C11H23N7O3. The topological polar surface area (TPSA) is 179 Å². The summed E-state index contributed by atoms with van der Waals surface area (Å²) in [7, 11) is 0. The standard InChI is InChI=1S/C11H23N7O3/c12-6-2-1-5-9(11(20)21)16-10(19)8(13)4-3-7-15-18-17-14/h8-9,15H,1-7,12-13H2,(H,16,19)(H,20,21)/t8-,9-/m0/s1. The van der Waals surface area contributed by atoms with Crippen LogP contribution in [0.1, 0.15) is 32.1 Å². The summed E-state index contributed by atoms with van der Waals surface area (Å²) in [6, 6.07) is -1.74. The van der Waals surface area contributed by atoms with E-state index < -0.39 is 24.0 Å². The molecule has 7 N–H and O–H groups in total. The molecule has 0 fully saturated rings. The van der Waals surface area contributed by atoms with Crippen LogP contribution in [-0.2, 0) is 9.59 Å². The van der Waals surface area contributed by atoms with Crippen molar-refractivity contribution in [3.63, 3.8) is 0 Å². The largest absolute Gasteiger partial charge is 0.480 e. The van der Waals surface area contributed by atoms with Crippen LogP contribution in [0.15, 0.2) is 5.22 Å². The van der Waals surface area contributed by atoms with E-state index in [4.69, 9.17) is 22.1 Å². The Balaban J connectivity index is 4.09. The molecule has 21 heavy (non-hydrogen) atoms. The molecule has 0 aliphatic carbocycles. The van der Waals surface area contributed by atoms with Crippen LogP contribution in [0, 0.1) is 0 Å². The maximum Gasteiger partial charge on any atom is 0.326 e. The molecule has 0 aromatic carbocycles. The number of azide groups is 1. The number of hydrogen-bond acceptors (Lipinski definition) is 5. The van der Waals surface area contributed by atoms with Gasteiger partial charge in [-0.25, -0.2) is 4.79 Å². The van der Waals surface area contributed by atoms with E-state index in [1.165, 1.54) is 0 Å². The smallest absolute Gasteiger partial charge is 0.326 e. The van der Waals surface area contributed by atoms with Crippen molar-refractivity contribution < 1.29 is 14.7 Å². The molecule has 1 amide bonds. The molecule has 0 unspecified atom stereocenters. The maximum absolute atomic E-state index is 11.8. The number of nitrogens with zero attached hydrogens (tertiary/aromatic N) is 3. The van der Waals surface area contributed by atoms with Crippen LogP contribution in [-0.4, -0.2) is 42.2 Å². The van der Waals surface area contributed by atoms with E-state index in [0.717, 1.165) is 0 Å². The van der Waals surface area contributed by atoms with Crippen LogP contribution in [0.3, 0.4) is 0 Å². The lowest BCUT2D eigenvalue weighted by molar-refractivity contribution is -0.142. The van der Waals surface area contributed by atoms with Crippen LogP contribution < -0.4 is 22.2 Å². The first-order chi connectivity index (χ1) is 10.0. The Morgan fingerprint density at radius 2 is 2.00 bits per heavy atom. The minimum Gasteiger partial charge on any atom is -0.480 e. The average Bonchev–Trinajstić information content (AvgIpc) is 2.45. The van der Waals surface area contributed by atoms with Crippen molar-refractivity contribution in [1.29, 1.82) is 0 Å². The highest BCUT2D eigenvalue weighted by Crippen LogP contribution is 2.02. The summed E-state index contributed by atoms with van der Waals surface area (Å²) >= 11 is 0. The fraction of sp³-hybridized carbons (Fsp3) is 0.818. The summed E-state index contributed by atoms with van der Waals surface area (Å²) in [6.07, 6.45) is 2.53. The molecule has 0 spiro atoms. The lowest BCUT2D eigenvalue weighted by atomic mass is 10.1. The molecule has 10 heteroatoms. The van der Waals surface area contributed by atoms with E-state index in [1.807, 2.05) is 0 Å². The van der Waals surface area contributed by atoms with Gasteiger partial charge in [-0.05, 0) is 43.9 Å². The van der Waals surface area contributed by atoms with Crippen LogP contribution in [0.25, 0.3) is 10.4 Å². The molecule has 0 heterocycles. The lowest BCUT2D eigenvalue weighted by Crippen LogP contribution is -2.48. The number of carboxylic acids is 1. The highest BCUT2D eigenvalue weighted by atomic mass is 16.4. The second kappa shape index (κ2) is 11.8. The molecular weight excluding hydrogens is 278 g/mol. The zero-order chi connectivity index (χ0) is 16.1. The van der Waals surface area contributed by atoms with Crippen molar-refractivity contribution in [1.82, 2.24) is 10.7 Å². The Morgan fingerprint density at radius 1 is 1.29 bits per heavy atom. The number of nitrogens with one attached hydrogen (secondary N) is 2. The van der Waals surface area contributed by atoms with E-state index in [-0.39, 0.29) is 0 Å². The zero-order valence-electron chi connectivity index (χ0n) is 11.9. The molecule has 0 bridgehead atoms. The number of carboxylic acid groups (broad SMARTS) is 1. The third-order valence-electron chi connectivity index (χ3n) is 2.82. The molecule has 120 valence electrons. The second-order valence-corrected chi connectivity index (χ2v) is 4.53.